The van der Waals surface area contributed by atoms with Crippen molar-refractivity contribution in [1.29, 1.82) is 0 Å². The van der Waals surface area contributed by atoms with Gasteiger partial charge >= 0.3 is 12.1 Å². The highest BCUT2D eigenvalue weighted by Gasteiger charge is 2.34. The topological polar surface area (TPSA) is 53.9 Å². The number of carbonyl (C=O) groups is 1. The number of ether oxygens (including phenoxy) is 1. The van der Waals surface area contributed by atoms with Gasteiger partial charge in [-0.05, 0) is 50.1 Å². The second-order valence-electron chi connectivity index (χ2n) is 6.40. The Morgan fingerprint density at radius 2 is 2.00 bits per heavy atom. The minimum Gasteiger partial charge on any atom is -0.460 e. The van der Waals surface area contributed by atoms with Crippen LogP contribution in [0.3, 0.4) is 0 Å². The Morgan fingerprint density at radius 1 is 1.25 bits per heavy atom. The van der Waals surface area contributed by atoms with Crippen LogP contribution in [0.2, 0.25) is 0 Å². The SMILES string of the molecule is CCOC(=O)/C(=N/Nc1cccc(C(F)(F)F)c1)N1c2ccccc2CC1C. The molecule has 3 rings (SSSR count). The van der Waals surface area contributed by atoms with E-state index in [0.29, 0.717) is 0 Å². The summed E-state index contributed by atoms with van der Waals surface area (Å²) in [6.45, 7) is 3.78. The molecule has 1 unspecified atom stereocenters. The summed E-state index contributed by atoms with van der Waals surface area (Å²) in [5.74, 6) is -0.651. The fourth-order valence-corrected chi connectivity index (χ4v) is 3.16. The lowest BCUT2D eigenvalue weighted by atomic mass is 10.1. The molecule has 148 valence electrons. The first-order valence-corrected chi connectivity index (χ1v) is 8.86. The van der Waals surface area contributed by atoms with Crippen molar-refractivity contribution in [3.8, 4) is 0 Å². The summed E-state index contributed by atoms with van der Waals surface area (Å²) in [4.78, 5) is 14.3. The summed E-state index contributed by atoms with van der Waals surface area (Å²) in [7, 11) is 0. The van der Waals surface area contributed by atoms with E-state index in [9.17, 15) is 18.0 Å². The molecular formula is C20H20F3N3O2. The first kappa shape index (κ1) is 19.7. The summed E-state index contributed by atoms with van der Waals surface area (Å²) in [6.07, 6.45) is -3.74. The van der Waals surface area contributed by atoms with Gasteiger partial charge in [0, 0.05) is 11.7 Å². The normalized spacial score (nSPS) is 16.7. The molecule has 1 aliphatic heterocycles. The molecular weight excluding hydrogens is 371 g/mol. The fraction of sp³-hybridized carbons (Fsp3) is 0.300. The smallest absolute Gasteiger partial charge is 0.416 e. The number of rotatable bonds is 3. The van der Waals surface area contributed by atoms with Gasteiger partial charge in [0.2, 0.25) is 5.84 Å². The van der Waals surface area contributed by atoms with Crippen LogP contribution in [0.5, 0.6) is 0 Å². The minimum absolute atomic E-state index is 0.00304. The number of para-hydroxylation sites is 1. The number of hydrogen-bond donors (Lipinski definition) is 1. The highest BCUT2D eigenvalue weighted by Crippen LogP contribution is 2.33. The molecule has 0 aromatic heterocycles. The molecule has 1 aliphatic rings. The van der Waals surface area contributed by atoms with Gasteiger partial charge in [-0.1, -0.05) is 24.3 Å². The standard InChI is InChI=1S/C20H20F3N3O2/c1-3-28-19(27)18(26-13(2)11-14-7-4-5-10-17(14)26)25-24-16-9-6-8-15(12-16)20(21,22)23/h4-10,12-13,24H,3,11H2,1-2H3/b25-18-. The number of halogens is 3. The number of nitrogens with zero attached hydrogens (tertiary/aromatic N) is 2. The number of hydrazone groups is 1. The molecule has 1 N–H and O–H groups in total. The van der Waals surface area contributed by atoms with Crippen LogP contribution in [-0.2, 0) is 22.1 Å². The molecule has 0 fully saturated rings. The monoisotopic (exact) mass is 391 g/mol. The summed E-state index contributed by atoms with van der Waals surface area (Å²) in [5, 5.41) is 4.12. The number of esters is 1. The Kier molecular flexibility index (Phi) is 5.58. The maximum absolute atomic E-state index is 12.9. The summed E-state index contributed by atoms with van der Waals surface area (Å²) in [6, 6.07) is 12.2. The van der Waals surface area contributed by atoms with Gasteiger partial charge in [-0.25, -0.2) is 4.79 Å². The zero-order chi connectivity index (χ0) is 20.3. The zero-order valence-corrected chi connectivity index (χ0v) is 15.5. The van der Waals surface area contributed by atoms with Gasteiger partial charge in [0.15, 0.2) is 0 Å². The highest BCUT2D eigenvalue weighted by atomic mass is 19.4. The quantitative estimate of drug-likeness (QED) is 0.364. The van der Waals surface area contributed by atoms with Crippen LogP contribution in [0, 0.1) is 0 Å². The molecule has 1 heterocycles. The number of alkyl halides is 3. The van der Waals surface area contributed by atoms with E-state index >= 15 is 0 Å². The number of amidine groups is 1. The molecule has 8 heteroatoms. The predicted octanol–water partition coefficient (Wildman–Crippen LogP) is 4.45. The molecule has 0 amide bonds. The summed E-state index contributed by atoms with van der Waals surface area (Å²) < 4.78 is 43.8. The third-order valence-corrected chi connectivity index (χ3v) is 4.37. The van der Waals surface area contributed by atoms with E-state index in [0.717, 1.165) is 29.8 Å². The zero-order valence-electron chi connectivity index (χ0n) is 15.5. The van der Waals surface area contributed by atoms with E-state index in [1.807, 2.05) is 31.2 Å². The molecule has 0 spiro atoms. The van der Waals surface area contributed by atoms with Crippen molar-refractivity contribution in [2.75, 3.05) is 16.9 Å². The van der Waals surface area contributed by atoms with Crippen LogP contribution < -0.4 is 10.3 Å². The maximum atomic E-state index is 12.9. The lowest BCUT2D eigenvalue weighted by Gasteiger charge is -2.25. The Labute approximate surface area is 160 Å². The van der Waals surface area contributed by atoms with Crippen LogP contribution in [0.25, 0.3) is 0 Å². The van der Waals surface area contributed by atoms with Crippen molar-refractivity contribution in [2.45, 2.75) is 32.5 Å². The van der Waals surface area contributed by atoms with E-state index in [1.54, 1.807) is 11.8 Å². The Balaban J connectivity index is 1.94. The van der Waals surface area contributed by atoms with Crippen molar-refractivity contribution in [1.82, 2.24) is 0 Å². The molecule has 1 atom stereocenters. The van der Waals surface area contributed by atoms with E-state index < -0.39 is 17.7 Å². The van der Waals surface area contributed by atoms with Gasteiger partial charge in [-0.2, -0.15) is 13.2 Å². The molecule has 2 aromatic carbocycles. The van der Waals surface area contributed by atoms with E-state index in [2.05, 4.69) is 10.5 Å². The number of fused-ring (bicyclic) bond motifs is 1. The van der Waals surface area contributed by atoms with E-state index in [4.69, 9.17) is 4.74 Å². The van der Waals surface area contributed by atoms with Crippen LogP contribution in [0.15, 0.2) is 53.6 Å². The second-order valence-corrected chi connectivity index (χ2v) is 6.40. The molecule has 0 bridgehead atoms. The van der Waals surface area contributed by atoms with Crippen LogP contribution in [0.4, 0.5) is 24.5 Å². The van der Waals surface area contributed by atoms with Gasteiger partial charge in [-0.15, -0.1) is 5.10 Å². The molecule has 5 nitrogen and oxygen atoms in total. The Hall–Kier alpha value is -3.03. The highest BCUT2D eigenvalue weighted by molar-refractivity contribution is 6.41. The fourth-order valence-electron chi connectivity index (χ4n) is 3.16. The van der Waals surface area contributed by atoms with Gasteiger partial charge < -0.3 is 9.64 Å². The van der Waals surface area contributed by atoms with Gasteiger partial charge in [-0.3, -0.25) is 5.43 Å². The maximum Gasteiger partial charge on any atom is 0.416 e. The molecule has 0 aliphatic carbocycles. The number of benzene rings is 2. The lowest BCUT2D eigenvalue weighted by Crippen LogP contribution is -2.42. The average molecular weight is 391 g/mol. The number of carbonyl (C=O) groups excluding carboxylic acids is 1. The van der Waals surface area contributed by atoms with Crippen molar-refractivity contribution in [2.24, 2.45) is 5.10 Å². The Bertz CT molecular complexity index is 896. The van der Waals surface area contributed by atoms with Gasteiger partial charge in [0.1, 0.15) is 0 Å². The van der Waals surface area contributed by atoms with Crippen molar-refractivity contribution < 1.29 is 22.7 Å². The number of hydrogen-bond acceptors (Lipinski definition) is 4. The van der Waals surface area contributed by atoms with Crippen molar-refractivity contribution >= 4 is 23.2 Å². The molecule has 0 saturated heterocycles. The largest absolute Gasteiger partial charge is 0.460 e. The van der Waals surface area contributed by atoms with Crippen LogP contribution in [0.1, 0.15) is 25.0 Å². The Morgan fingerprint density at radius 3 is 2.71 bits per heavy atom. The van der Waals surface area contributed by atoms with Crippen molar-refractivity contribution in [3.05, 3.63) is 59.7 Å². The summed E-state index contributed by atoms with van der Waals surface area (Å²) in [5.41, 5.74) is 3.78. The lowest BCUT2D eigenvalue weighted by molar-refractivity contribution is -0.137. The van der Waals surface area contributed by atoms with Gasteiger partial charge in [0.05, 0.1) is 17.9 Å². The first-order valence-electron chi connectivity index (χ1n) is 8.86. The van der Waals surface area contributed by atoms with Crippen molar-refractivity contribution in [3.63, 3.8) is 0 Å². The predicted molar refractivity (Wildman–Crippen MR) is 101 cm³/mol. The number of anilines is 2. The molecule has 0 radical (unpaired) electrons. The van der Waals surface area contributed by atoms with Crippen LogP contribution in [-0.4, -0.2) is 24.5 Å². The van der Waals surface area contributed by atoms with Gasteiger partial charge in [0.25, 0.3) is 0 Å². The van der Waals surface area contributed by atoms with E-state index in [-0.39, 0.29) is 24.2 Å². The van der Waals surface area contributed by atoms with Crippen LogP contribution >= 0.6 is 0 Å². The first-order chi connectivity index (χ1) is 13.3. The average Bonchev–Trinajstić information content (AvgIpc) is 2.98. The van der Waals surface area contributed by atoms with E-state index in [1.165, 1.54) is 12.1 Å². The second kappa shape index (κ2) is 7.92. The minimum atomic E-state index is -4.46. The third-order valence-electron chi connectivity index (χ3n) is 4.37. The third kappa shape index (κ3) is 4.11. The molecule has 28 heavy (non-hydrogen) atoms. The summed E-state index contributed by atoms with van der Waals surface area (Å²) >= 11 is 0. The molecule has 0 saturated carbocycles. The molecule has 2 aromatic rings. The number of nitrogens with one attached hydrogen (secondary N) is 1.